The fourth-order valence-electron chi connectivity index (χ4n) is 3.59. The molecule has 0 spiro atoms. The van der Waals surface area contributed by atoms with Crippen LogP contribution in [0.2, 0.25) is 0 Å². The summed E-state index contributed by atoms with van der Waals surface area (Å²) in [4.78, 5) is 0. The highest BCUT2D eigenvalue weighted by molar-refractivity contribution is 5.47. The fraction of sp³-hybridized carbons (Fsp3) is 0.727. The van der Waals surface area contributed by atoms with Crippen LogP contribution in [0.1, 0.15) is 75.3 Å². The molecule has 0 saturated heterocycles. The number of aryl methyl sites for hydroxylation is 2. The Morgan fingerprint density at radius 2 is 0.923 bits per heavy atom. The minimum Gasteiger partial charge on any atom is -0.467 e. The van der Waals surface area contributed by atoms with Crippen molar-refractivity contribution < 1.29 is 18.9 Å². The standard InChI is InChI=1S/C22H36O4/c1-23-17-25-21-15-20-14-12-10-8-6-4-3-5-7-9-11-13-19(21)16-22(20)26-18-24-2/h15-16H,3-14,17-18H2,1-2H3. The zero-order valence-electron chi connectivity index (χ0n) is 16.7. The molecule has 0 fully saturated rings. The van der Waals surface area contributed by atoms with Gasteiger partial charge in [-0.3, -0.25) is 0 Å². The van der Waals surface area contributed by atoms with E-state index >= 15 is 0 Å². The summed E-state index contributed by atoms with van der Waals surface area (Å²) in [5.41, 5.74) is 2.42. The maximum atomic E-state index is 5.87. The second kappa shape index (κ2) is 13.0. The highest BCUT2D eigenvalue weighted by Gasteiger charge is 2.13. The first kappa shape index (κ1) is 21.0. The van der Waals surface area contributed by atoms with Crippen LogP contribution in [-0.2, 0) is 22.3 Å². The summed E-state index contributed by atoms with van der Waals surface area (Å²) in [5.74, 6) is 1.89. The van der Waals surface area contributed by atoms with E-state index < -0.39 is 0 Å². The van der Waals surface area contributed by atoms with Crippen molar-refractivity contribution in [2.45, 2.75) is 77.0 Å². The first-order valence-corrected chi connectivity index (χ1v) is 10.2. The number of benzene rings is 1. The maximum Gasteiger partial charge on any atom is 0.188 e. The van der Waals surface area contributed by atoms with Crippen molar-refractivity contribution in [2.75, 3.05) is 27.8 Å². The SMILES string of the molecule is COCOc1cc2c(OCOC)cc1CCCCCCCCCCCC2. The Bertz CT molecular complexity index is 455. The van der Waals surface area contributed by atoms with Gasteiger partial charge in [-0.25, -0.2) is 0 Å². The van der Waals surface area contributed by atoms with Gasteiger partial charge >= 0.3 is 0 Å². The Morgan fingerprint density at radius 3 is 1.27 bits per heavy atom. The molecule has 0 radical (unpaired) electrons. The topological polar surface area (TPSA) is 36.9 Å². The molecule has 148 valence electrons. The minimum atomic E-state index is 0.282. The van der Waals surface area contributed by atoms with Crippen molar-refractivity contribution in [3.63, 3.8) is 0 Å². The van der Waals surface area contributed by atoms with Crippen molar-refractivity contribution >= 4 is 0 Å². The van der Waals surface area contributed by atoms with Crippen LogP contribution in [0, 0.1) is 0 Å². The molecular formula is C22H36O4. The number of fused-ring (bicyclic) bond motifs is 13. The first-order chi connectivity index (χ1) is 12.8. The summed E-state index contributed by atoms with van der Waals surface area (Å²) < 4.78 is 22.0. The number of methoxy groups -OCH3 is 2. The Kier molecular flexibility index (Phi) is 10.5. The van der Waals surface area contributed by atoms with Crippen LogP contribution in [0.5, 0.6) is 11.5 Å². The highest BCUT2D eigenvalue weighted by Crippen LogP contribution is 2.32. The summed E-state index contributed by atoms with van der Waals surface area (Å²) >= 11 is 0. The molecule has 0 aliphatic heterocycles. The molecule has 0 amide bonds. The molecule has 1 aromatic rings. The molecule has 4 heteroatoms. The van der Waals surface area contributed by atoms with E-state index in [1.807, 2.05) is 0 Å². The Hall–Kier alpha value is -1.26. The number of ether oxygens (including phenoxy) is 4. The van der Waals surface area contributed by atoms with E-state index in [9.17, 15) is 0 Å². The van der Waals surface area contributed by atoms with Gasteiger partial charge < -0.3 is 18.9 Å². The third-order valence-electron chi connectivity index (χ3n) is 5.05. The summed E-state index contributed by atoms with van der Waals surface area (Å²) in [7, 11) is 3.32. The summed E-state index contributed by atoms with van der Waals surface area (Å²) in [6, 6.07) is 4.32. The lowest BCUT2D eigenvalue weighted by Crippen LogP contribution is -2.07. The summed E-state index contributed by atoms with van der Waals surface area (Å²) in [6.07, 6.45) is 15.2. The molecule has 1 aromatic carbocycles. The summed E-state index contributed by atoms with van der Waals surface area (Å²) in [5, 5.41) is 0. The predicted molar refractivity (Wildman–Crippen MR) is 105 cm³/mol. The van der Waals surface area contributed by atoms with Gasteiger partial charge in [-0.05, 0) is 48.9 Å². The monoisotopic (exact) mass is 364 g/mol. The van der Waals surface area contributed by atoms with Gasteiger partial charge in [0.1, 0.15) is 11.5 Å². The van der Waals surface area contributed by atoms with Gasteiger partial charge in [-0.2, -0.15) is 0 Å². The normalized spacial score (nSPS) is 17.2. The van der Waals surface area contributed by atoms with Crippen molar-refractivity contribution in [1.82, 2.24) is 0 Å². The van der Waals surface area contributed by atoms with E-state index in [1.54, 1.807) is 14.2 Å². The maximum absolute atomic E-state index is 5.87. The number of rotatable bonds is 6. The van der Waals surface area contributed by atoms with Gasteiger partial charge in [0, 0.05) is 14.2 Å². The van der Waals surface area contributed by atoms with E-state index in [4.69, 9.17) is 18.9 Å². The zero-order chi connectivity index (χ0) is 18.5. The van der Waals surface area contributed by atoms with Crippen molar-refractivity contribution in [3.8, 4) is 11.5 Å². The molecule has 0 unspecified atom stereocenters. The lowest BCUT2D eigenvalue weighted by molar-refractivity contribution is 0.0472. The Labute approximate surface area is 159 Å². The van der Waals surface area contributed by atoms with E-state index in [1.165, 1.54) is 75.3 Å². The van der Waals surface area contributed by atoms with Crippen LogP contribution in [0.15, 0.2) is 12.1 Å². The minimum absolute atomic E-state index is 0.282. The highest BCUT2D eigenvalue weighted by atomic mass is 16.7. The van der Waals surface area contributed by atoms with Gasteiger partial charge in [0.15, 0.2) is 13.6 Å². The molecule has 0 heterocycles. The largest absolute Gasteiger partial charge is 0.467 e. The van der Waals surface area contributed by atoms with Crippen LogP contribution in [0.3, 0.4) is 0 Å². The lowest BCUT2D eigenvalue weighted by Gasteiger charge is -2.17. The quantitative estimate of drug-likeness (QED) is 0.611. The molecular weight excluding hydrogens is 328 g/mol. The van der Waals surface area contributed by atoms with Crippen LogP contribution in [0.4, 0.5) is 0 Å². The van der Waals surface area contributed by atoms with Gasteiger partial charge in [0.2, 0.25) is 0 Å². The zero-order valence-corrected chi connectivity index (χ0v) is 16.7. The molecule has 2 aliphatic rings. The Balaban J connectivity index is 2.19. The van der Waals surface area contributed by atoms with Crippen molar-refractivity contribution in [2.24, 2.45) is 0 Å². The van der Waals surface area contributed by atoms with Gasteiger partial charge in [0.25, 0.3) is 0 Å². The molecule has 0 N–H and O–H groups in total. The fourth-order valence-corrected chi connectivity index (χ4v) is 3.59. The molecule has 4 nitrogen and oxygen atoms in total. The summed E-state index contributed by atoms with van der Waals surface area (Å²) in [6.45, 7) is 0.565. The average molecular weight is 365 g/mol. The smallest absolute Gasteiger partial charge is 0.188 e. The molecule has 2 aliphatic carbocycles. The van der Waals surface area contributed by atoms with E-state index in [0.29, 0.717) is 0 Å². The molecule has 26 heavy (non-hydrogen) atoms. The molecule has 0 saturated carbocycles. The third kappa shape index (κ3) is 7.55. The van der Waals surface area contributed by atoms with Crippen molar-refractivity contribution in [1.29, 1.82) is 0 Å². The van der Waals surface area contributed by atoms with Gasteiger partial charge in [-0.1, -0.05) is 51.4 Å². The first-order valence-electron chi connectivity index (χ1n) is 10.2. The van der Waals surface area contributed by atoms with E-state index in [0.717, 1.165) is 24.3 Å². The van der Waals surface area contributed by atoms with Crippen LogP contribution in [-0.4, -0.2) is 27.8 Å². The second-order valence-corrected chi connectivity index (χ2v) is 7.20. The van der Waals surface area contributed by atoms with E-state index in [2.05, 4.69) is 12.1 Å². The molecule has 2 bridgehead atoms. The molecule has 0 atom stereocenters. The predicted octanol–water partition coefficient (Wildman–Crippen LogP) is 5.65. The van der Waals surface area contributed by atoms with Crippen LogP contribution < -0.4 is 9.47 Å². The second-order valence-electron chi connectivity index (χ2n) is 7.20. The van der Waals surface area contributed by atoms with Gasteiger partial charge in [-0.15, -0.1) is 0 Å². The van der Waals surface area contributed by atoms with Crippen LogP contribution >= 0.6 is 0 Å². The average Bonchev–Trinajstić information content (AvgIpc) is 2.65. The third-order valence-corrected chi connectivity index (χ3v) is 5.05. The number of hydrogen-bond donors (Lipinski definition) is 0. The number of hydrogen-bond acceptors (Lipinski definition) is 4. The molecule has 0 aromatic heterocycles. The van der Waals surface area contributed by atoms with Crippen molar-refractivity contribution in [3.05, 3.63) is 23.3 Å². The lowest BCUT2D eigenvalue weighted by atomic mass is 9.97. The van der Waals surface area contributed by atoms with E-state index in [-0.39, 0.29) is 13.6 Å². The molecule has 3 rings (SSSR count). The van der Waals surface area contributed by atoms with Gasteiger partial charge in [0.05, 0.1) is 0 Å². The van der Waals surface area contributed by atoms with Crippen LogP contribution in [0.25, 0.3) is 0 Å². The Morgan fingerprint density at radius 1 is 0.577 bits per heavy atom.